The van der Waals surface area contributed by atoms with Gasteiger partial charge in [-0.3, -0.25) is 0 Å². The van der Waals surface area contributed by atoms with E-state index in [9.17, 15) is 0 Å². The van der Waals surface area contributed by atoms with Crippen LogP contribution >= 0.6 is 11.3 Å². The van der Waals surface area contributed by atoms with Crippen LogP contribution in [0.15, 0.2) is 41.4 Å². The first-order valence-corrected chi connectivity index (χ1v) is 8.96. The maximum Gasteiger partial charge on any atom is 0.209 e. The molecule has 0 radical (unpaired) electrons. The lowest BCUT2D eigenvalue weighted by Gasteiger charge is -2.06. The smallest absolute Gasteiger partial charge is 0.209 e. The van der Waals surface area contributed by atoms with Crippen LogP contribution in [-0.4, -0.2) is 32.5 Å². The van der Waals surface area contributed by atoms with E-state index in [0.717, 1.165) is 45.6 Å². The lowest BCUT2D eigenvalue weighted by Crippen LogP contribution is -1.92. The molecule has 26 heavy (non-hydrogen) atoms. The lowest BCUT2D eigenvalue weighted by atomic mass is 10.1. The van der Waals surface area contributed by atoms with Crippen LogP contribution < -0.4 is 14.2 Å². The second kappa shape index (κ2) is 6.80. The second-order valence-electron chi connectivity index (χ2n) is 5.83. The van der Waals surface area contributed by atoms with Crippen molar-refractivity contribution in [1.82, 2.24) is 4.98 Å². The lowest BCUT2D eigenvalue weighted by molar-refractivity contribution is 0.402. The highest BCUT2D eigenvalue weighted by Gasteiger charge is 2.23. The summed E-state index contributed by atoms with van der Waals surface area (Å²) in [6, 6.07) is 11.7. The molecule has 2 aromatic carbocycles. The van der Waals surface area contributed by atoms with Crippen molar-refractivity contribution >= 4 is 22.7 Å². The predicted molar refractivity (Wildman–Crippen MR) is 104 cm³/mol. The summed E-state index contributed by atoms with van der Waals surface area (Å²) in [6.07, 6.45) is 2.64. The Morgan fingerprint density at radius 3 is 2.54 bits per heavy atom. The van der Waals surface area contributed by atoms with Gasteiger partial charge in [0.25, 0.3) is 0 Å². The van der Waals surface area contributed by atoms with Crippen LogP contribution in [-0.2, 0) is 6.42 Å². The molecular weight excluding hydrogens is 348 g/mol. The van der Waals surface area contributed by atoms with Crippen molar-refractivity contribution < 1.29 is 14.2 Å². The summed E-state index contributed by atoms with van der Waals surface area (Å²) in [4.78, 5) is 10.5. The quantitative estimate of drug-likeness (QED) is 0.488. The van der Waals surface area contributed by atoms with Gasteiger partial charge in [0.15, 0.2) is 0 Å². The standard InChI is InChI=1S/C20H18N2O3S/c1-23-14-4-6-16-12(8-14)10-18-19(16)22-20(26-18)21-11-13-9-15(24-2)5-7-17(13)25-3/h4-9,11H,10H2,1-3H3. The topological polar surface area (TPSA) is 52.9 Å². The van der Waals surface area contributed by atoms with E-state index in [1.54, 1.807) is 38.9 Å². The summed E-state index contributed by atoms with van der Waals surface area (Å²) >= 11 is 1.61. The van der Waals surface area contributed by atoms with Crippen molar-refractivity contribution in [2.75, 3.05) is 21.3 Å². The average Bonchev–Trinajstić information content (AvgIpc) is 3.22. The van der Waals surface area contributed by atoms with Crippen LogP contribution in [0.5, 0.6) is 17.2 Å². The molecule has 0 unspecified atom stereocenters. The van der Waals surface area contributed by atoms with Crippen molar-refractivity contribution in [3.05, 3.63) is 52.4 Å². The molecule has 0 amide bonds. The molecule has 6 heteroatoms. The van der Waals surface area contributed by atoms with Gasteiger partial charge in [0.1, 0.15) is 17.2 Å². The molecule has 0 saturated heterocycles. The summed E-state index contributed by atoms with van der Waals surface area (Å²) in [5, 5.41) is 0.737. The summed E-state index contributed by atoms with van der Waals surface area (Å²) < 4.78 is 16.0. The van der Waals surface area contributed by atoms with Gasteiger partial charge in [-0.2, -0.15) is 0 Å². The van der Waals surface area contributed by atoms with Crippen LogP contribution in [0, 0.1) is 0 Å². The van der Waals surface area contributed by atoms with Crippen LogP contribution in [0.2, 0.25) is 0 Å². The van der Waals surface area contributed by atoms with Crippen LogP contribution in [0.1, 0.15) is 16.0 Å². The van der Waals surface area contributed by atoms with Crippen LogP contribution in [0.4, 0.5) is 5.13 Å². The summed E-state index contributed by atoms with van der Waals surface area (Å²) in [5.74, 6) is 2.38. The molecule has 3 aromatic rings. The van der Waals surface area contributed by atoms with Crippen molar-refractivity contribution in [3.63, 3.8) is 0 Å². The third-order valence-electron chi connectivity index (χ3n) is 4.36. The molecule has 0 spiro atoms. The molecule has 4 rings (SSSR count). The number of aliphatic imine (C=N–C) groups is 1. The molecule has 0 saturated carbocycles. The van der Waals surface area contributed by atoms with Crippen LogP contribution in [0.3, 0.4) is 0 Å². The highest BCUT2D eigenvalue weighted by Crippen LogP contribution is 2.43. The first-order valence-electron chi connectivity index (χ1n) is 8.15. The van der Waals surface area contributed by atoms with Gasteiger partial charge in [-0.15, -0.1) is 0 Å². The van der Waals surface area contributed by atoms with Crippen molar-refractivity contribution in [2.45, 2.75) is 6.42 Å². The van der Waals surface area contributed by atoms with Gasteiger partial charge >= 0.3 is 0 Å². The zero-order valence-corrected chi connectivity index (χ0v) is 15.6. The van der Waals surface area contributed by atoms with Gasteiger partial charge in [-0.25, -0.2) is 9.98 Å². The van der Waals surface area contributed by atoms with E-state index >= 15 is 0 Å². The summed E-state index contributed by atoms with van der Waals surface area (Å²) in [7, 11) is 4.97. The SMILES string of the molecule is COc1ccc(OC)c(C=Nc2nc3c(s2)Cc2cc(OC)ccc2-3)c1. The monoisotopic (exact) mass is 366 g/mol. The third kappa shape index (κ3) is 2.93. The fourth-order valence-corrected chi connectivity index (χ4v) is 3.98. The number of ether oxygens (including phenoxy) is 3. The first kappa shape index (κ1) is 16.6. The van der Waals surface area contributed by atoms with Crippen molar-refractivity contribution in [1.29, 1.82) is 0 Å². The molecule has 0 bridgehead atoms. The number of hydrogen-bond donors (Lipinski definition) is 0. The van der Waals surface area contributed by atoms with E-state index in [2.05, 4.69) is 17.1 Å². The Balaban J connectivity index is 1.63. The van der Waals surface area contributed by atoms with E-state index in [4.69, 9.17) is 19.2 Å². The highest BCUT2D eigenvalue weighted by molar-refractivity contribution is 7.15. The molecule has 0 aliphatic heterocycles. The van der Waals surface area contributed by atoms with E-state index in [0.29, 0.717) is 0 Å². The van der Waals surface area contributed by atoms with Crippen molar-refractivity contribution in [3.8, 4) is 28.5 Å². The molecule has 0 atom stereocenters. The molecule has 0 fully saturated rings. The molecule has 1 aliphatic carbocycles. The number of aromatic nitrogens is 1. The fourth-order valence-electron chi connectivity index (χ4n) is 3.04. The van der Waals surface area contributed by atoms with Gasteiger partial charge in [0, 0.05) is 28.6 Å². The van der Waals surface area contributed by atoms with E-state index in [-0.39, 0.29) is 0 Å². The second-order valence-corrected chi connectivity index (χ2v) is 6.90. The number of rotatable bonds is 5. The van der Waals surface area contributed by atoms with Gasteiger partial charge in [-0.1, -0.05) is 11.3 Å². The molecule has 1 aliphatic rings. The number of fused-ring (bicyclic) bond motifs is 3. The Kier molecular flexibility index (Phi) is 4.34. The Morgan fingerprint density at radius 1 is 1.00 bits per heavy atom. The fraction of sp³-hybridized carbons (Fsp3) is 0.200. The molecule has 0 N–H and O–H groups in total. The van der Waals surface area contributed by atoms with Gasteiger partial charge < -0.3 is 14.2 Å². The van der Waals surface area contributed by atoms with Gasteiger partial charge in [0.2, 0.25) is 5.13 Å². The number of thiazole rings is 1. The molecule has 1 heterocycles. The highest BCUT2D eigenvalue weighted by atomic mass is 32.1. The zero-order valence-electron chi connectivity index (χ0n) is 14.8. The number of nitrogens with zero attached hydrogens (tertiary/aromatic N) is 2. The number of hydrogen-bond acceptors (Lipinski definition) is 6. The van der Waals surface area contributed by atoms with E-state index in [1.165, 1.54) is 10.4 Å². The van der Waals surface area contributed by atoms with E-state index in [1.807, 2.05) is 24.3 Å². The number of benzene rings is 2. The minimum atomic E-state index is 0.737. The first-order chi connectivity index (χ1) is 12.7. The summed E-state index contributed by atoms with van der Waals surface area (Å²) in [6.45, 7) is 0. The predicted octanol–water partition coefficient (Wildman–Crippen LogP) is 4.49. The minimum absolute atomic E-state index is 0.737. The maximum atomic E-state index is 5.39. The minimum Gasteiger partial charge on any atom is -0.497 e. The van der Waals surface area contributed by atoms with Gasteiger partial charge in [0.05, 0.1) is 27.0 Å². The van der Waals surface area contributed by atoms with E-state index < -0.39 is 0 Å². The Bertz CT molecular complexity index is 995. The Hall–Kier alpha value is -2.86. The number of methoxy groups -OCH3 is 3. The maximum absolute atomic E-state index is 5.39. The zero-order chi connectivity index (χ0) is 18.1. The molecule has 5 nitrogen and oxygen atoms in total. The van der Waals surface area contributed by atoms with Crippen LogP contribution in [0.25, 0.3) is 11.3 Å². The normalized spacial score (nSPS) is 12.1. The van der Waals surface area contributed by atoms with Crippen molar-refractivity contribution in [2.24, 2.45) is 4.99 Å². The average molecular weight is 366 g/mol. The summed E-state index contributed by atoms with van der Waals surface area (Å²) in [5.41, 5.74) is 4.30. The Labute approximate surface area is 155 Å². The molecule has 1 aromatic heterocycles. The Morgan fingerprint density at radius 2 is 1.77 bits per heavy atom. The molecular formula is C20H18N2O3S. The molecule has 132 valence electrons. The van der Waals surface area contributed by atoms with Gasteiger partial charge in [-0.05, 0) is 42.0 Å². The third-order valence-corrected chi connectivity index (χ3v) is 5.32. The largest absolute Gasteiger partial charge is 0.497 e.